The molecule has 1 heterocycles. The van der Waals surface area contributed by atoms with Crippen molar-refractivity contribution in [1.82, 2.24) is 4.90 Å². The van der Waals surface area contributed by atoms with Crippen LogP contribution in [0.15, 0.2) is 0 Å². The summed E-state index contributed by atoms with van der Waals surface area (Å²) in [5.41, 5.74) is 0. The Labute approximate surface area is 80.8 Å². The molecule has 2 fully saturated rings. The highest BCUT2D eigenvalue weighted by Crippen LogP contribution is 2.38. The van der Waals surface area contributed by atoms with Crippen LogP contribution in [-0.4, -0.2) is 23.3 Å². The molecule has 13 heavy (non-hydrogen) atoms. The Kier molecular flexibility index (Phi) is 2.31. The topological polar surface area (TPSA) is 27.1 Å². The first-order valence-corrected chi connectivity index (χ1v) is 5.55. The number of hydrogen-bond acceptors (Lipinski definition) is 1. The molecule has 2 nitrogen and oxygen atoms in total. The summed E-state index contributed by atoms with van der Waals surface area (Å²) >= 11 is 0. The molecule has 1 aliphatic carbocycles. The van der Waals surface area contributed by atoms with Gasteiger partial charge < -0.3 is 4.90 Å². The highest BCUT2D eigenvalue weighted by Gasteiger charge is 2.38. The molecule has 0 aromatic rings. The summed E-state index contributed by atoms with van der Waals surface area (Å²) in [5.74, 6) is 2.19. The lowest BCUT2D eigenvalue weighted by Crippen LogP contribution is -2.38. The number of amidine groups is 1. The van der Waals surface area contributed by atoms with Gasteiger partial charge in [-0.2, -0.15) is 0 Å². The van der Waals surface area contributed by atoms with Crippen molar-refractivity contribution < 1.29 is 0 Å². The molecule has 1 aliphatic heterocycles. The lowest BCUT2D eigenvalue weighted by atomic mass is 10.0. The molecule has 0 spiro atoms. The molecule has 2 heteroatoms. The Morgan fingerprint density at radius 3 is 2.77 bits per heavy atom. The second kappa shape index (κ2) is 3.32. The van der Waals surface area contributed by atoms with Gasteiger partial charge in [-0.3, -0.25) is 5.41 Å². The van der Waals surface area contributed by atoms with Crippen molar-refractivity contribution in [3.8, 4) is 0 Å². The zero-order chi connectivity index (χ0) is 9.42. The zero-order valence-corrected chi connectivity index (χ0v) is 8.71. The first-order chi connectivity index (χ1) is 6.20. The van der Waals surface area contributed by atoms with Gasteiger partial charge >= 0.3 is 0 Å². The van der Waals surface area contributed by atoms with Crippen LogP contribution in [0.25, 0.3) is 0 Å². The summed E-state index contributed by atoms with van der Waals surface area (Å²) in [5, 5.41) is 8.02. The van der Waals surface area contributed by atoms with E-state index in [-0.39, 0.29) is 0 Å². The third-order valence-corrected chi connectivity index (χ3v) is 3.62. The smallest absolute Gasteiger partial charge is 0.0986 e. The van der Waals surface area contributed by atoms with Crippen LogP contribution in [0.4, 0.5) is 0 Å². The van der Waals surface area contributed by atoms with E-state index in [0.29, 0.717) is 5.92 Å². The number of likely N-dealkylation sites (tertiary alicyclic amines) is 1. The van der Waals surface area contributed by atoms with Crippen molar-refractivity contribution in [1.29, 1.82) is 5.41 Å². The minimum atomic E-state index is 0.402. The van der Waals surface area contributed by atoms with Crippen molar-refractivity contribution in [2.45, 2.75) is 45.6 Å². The maximum atomic E-state index is 8.02. The maximum Gasteiger partial charge on any atom is 0.0986 e. The Morgan fingerprint density at radius 1 is 1.31 bits per heavy atom. The SMILES string of the molecule is CC(C)C(=N)N1CCC2CCCC21. The van der Waals surface area contributed by atoms with Gasteiger partial charge in [0.05, 0.1) is 5.84 Å². The molecule has 1 N–H and O–H groups in total. The number of nitrogens with one attached hydrogen (secondary N) is 1. The molecule has 2 unspecified atom stereocenters. The number of hydrogen-bond donors (Lipinski definition) is 1. The van der Waals surface area contributed by atoms with Crippen molar-refractivity contribution in [2.75, 3.05) is 6.54 Å². The zero-order valence-electron chi connectivity index (χ0n) is 8.71. The third kappa shape index (κ3) is 1.47. The van der Waals surface area contributed by atoms with Crippen LogP contribution >= 0.6 is 0 Å². The van der Waals surface area contributed by atoms with Crippen molar-refractivity contribution in [3.05, 3.63) is 0 Å². The van der Waals surface area contributed by atoms with E-state index in [2.05, 4.69) is 18.7 Å². The quantitative estimate of drug-likeness (QED) is 0.487. The Balaban J connectivity index is 2.04. The predicted octanol–water partition coefficient (Wildman–Crippen LogP) is 2.49. The Hall–Kier alpha value is -0.530. The van der Waals surface area contributed by atoms with Crippen LogP contribution in [0.5, 0.6) is 0 Å². The number of rotatable bonds is 1. The molecule has 2 atom stereocenters. The molecule has 0 aromatic heterocycles. The lowest BCUT2D eigenvalue weighted by molar-refractivity contribution is 0.348. The summed E-state index contributed by atoms with van der Waals surface area (Å²) in [6.45, 7) is 5.40. The van der Waals surface area contributed by atoms with Crippen LogP contribution in [0.1, 0.15) is 39.5 Å². The van der Waals surface area contributed by atoms with E-state index in [1.807, 2.05) is 0 Å². The van der Waals surface area contributed by atoms with E-state index in [0.717, 1.165) is 24.3 Å². The van der Waals surface area contributed by atoms with Crippen LogP contribution in [-0.2, 0) is 0 Å². The van der Waals surface area contributed by atoms with E-state index < -0.39 is 0 Å². The molecule has 2 rings (SSSR count). The van der Waals surface area contributed by atoms with Gasteiger partial charge in [-0.1, -0.05) is 20.3 Å². The molecule has 74 valence electrons. The van der Waals surface area contributed by atoms with Gasteiger partial charge in [0.2, 0.25) is 0 Å². The van der Waals surface area contributed by atoms with E-state index >= 15 is 0 Å². The fourth-order valence-corrected chi connectivity index (χ4v) is 2.87. The molecular formula is C11H20N2. The van der Waals surface area contributed by atoms with Gasteiger partial charge in [0.25, 0.3) is 0 Å². The lowest BCUT2D eigenvalue weighted by Gasteiger charge is -2.28. The van der Waals surface area contributed by atoms with Gasteiger partial charge in [-0.25, -0.2) is 0 Å². The molecule has 0 amide bonds. The highest BCUT2D eigenvalue weighted by molar-refractivity contribution is 5.81. The van der Waals surface area contributed by atoms with Crippen LogP contribution in [0.3, 0.4) is 0 Å². The molecule has 1 saturated carbocycles. The minimum Gasteiger partial charge on any atom is -0.357 e. The summed E-state index contributed by atoms with van der Waals surface area (Å²) in [4.78, 5) is 2.36. The molecule has 0 bridgehead atoms. The van der Waals surface area contributed by atoms with Crippen molar-refractivity contribution in [2.24, 2.45) is 11.8 Å². The summed E-state index contributed by atoms with van der Waals surface area (Å²) in [6.07, 6.45) is 5.46. The van der Waals surface area contributed by atoms with Crippen LogP contribution in [0.2, 0.25) is 0 Å². The van der Waals surface area contributed by atoms with E-state index in [1.165, 1.54) is 25.7 Å². The van der Waals surface area contributed by atoms with Gasteiger partial charge in [0.1, 0.15) is 0 Å². The van der Waals surface area contributed by atoms with E-state index in [9.17, 15) is 0 Å². The fourth-order valence-electron chi connectivity index (χ4n) is 2.87. The molecular weight excluding hydrogens is 160 g/mol. The second-order valence-corrected chi connectivity index (χ2v) is 4.78. The second-order valence-electron chi connectivity index (χ2n) is 4.78. The van der Waals surface area contributed by atoms with Crippen LogP contribution < -0.4 is 0 Å². The largest absolute Gasteiger partial charge is 0.357 e. The average molecular weight is 180 g/mol. The van der Waals surface area contributed by atoms with E-state index in [4.69, 9.17) is 5.41 Å². The van der Waals surface area contributed by atoms with Gasteiger partial charge in [0, 0.05) is 18.5 Å². The Bertz CT molecular complexity index is 210. The summed E-state index contributed by atoms with van der Waals surface area (Å²) in [7, 11) is 0. The predicted molar refractivity (Wildman–Crippen MR) is 55.0 cm³/mol. The maximum absolute atomic E-state index is 8.02. The first-order valence-electron chi connectivity index (χ1n) is 5.55. The molecule has 0 radical (unpaired) electrons. The highest BCUT2D eigenvalue weighted by atomic mass is 15.2. The third-order valence-electron chi connectivity index (χ3n) is 3.62. The normalized spacial score (nSPS) is 32.7. The van der Waals surface area contributed by atoms with Gasteiger partial charge in [-0.05, 0) is 25.2 Å². The average Bonchev–Trinajstić information content (AvgIpc) is 2.61. The summed E-state index contributed by atoms with van der Waals surface area (Å²) < 4.78 is 0. The monoisotopic (exact) mass is 180 g/mol. The summed E-state index contributed by atoms with van der Waals surface area (Å²) in [6, 6.07) is 0.731. The number of nitrogens with zero attached hydrogens (tertiary/aromatic N) is 1. The van der Waals surface area contributed by atoms with Crippen molar-refractivity contribution >= 4 is 5.84 Å². The van der Waals surface area contributed by atoms with Crippen LogP contribution in [0, 0.1) is 17.2 Å². The van der Waals surface area contributed by atoms with E-state index in [1.54, 1.807) is 0 Å². The van der Waals surface area contributed by atoms with Crippen molar-refractivity contribution in [3.63, 3.8) is 0 Å². The Morgan fingerprint density at radius 2 is 2.08 bits per heavy atom. The first kappa shape index (κ1) is 9.04. The molecule has 2 aliphatic rings. The molecule has 1 saturated heterocycles. The van der Waals surface area contributed by atoms with Gasteiger partial charge in [-0.15, -0.1) is 0 Å². The molecule has 0 aromatic carbocycles. The standard InChI is InChI=1S/C11H20N2/c1-8(2)11(12)13-7-6-9-4-3-5-10(9)13/h8-10,12H,3-7H2,1-2H3. The van der Waals surface area contributed by atoms with Gasteiger partial charge in [0.15, 0.2) is 0 Å². The number of fused-ring (bicyclic) bond motifs is 1. The fraction of sp³-hybridized carbons (Fsp3) is 0.909. The minimum absolute atomic E-state index is 0.402.